The maximum atomic E-state index is 14.3. The first-order chi connectivity index (χ1) is 9.28. The maximum Gasteiger partial charge on any atom is 0.312 e. The van der Waals surface area contributed by atoms with E-state index in [9.17, 15) is 28.6 Å². The lowest BCUT2D eigenvalue weighted by atomic mass is 10.1. The summed E-state index contributed by atoms with van der Waals surface area (Å²) in [6, 6.07) is 1.54. The van der Waals surface area contributed by atoms with Crippen molar-refractivity contribution in [3.63, 3.8) is 0 Å². The summed E-state index contributed by atoms with van der Waals surface area (Å²) in [5.41, 5.74) is -2.39. The van der Waals surface area contributed by atoms with Crippen LogP contribution in [0.1, 0.15) is 18.9 Å². The summed E-state index contributed by atoms with van der Waals surface area (Å²) < 4.78 is 81.6. The van der Waals surface area contributed by atoms with E-state index in [4.69, 9.17) is 0 Å². The highest BCUT2D eigenvalue weighted by Gasteiger charge is 2.66. The molecule has 1 aliphatic rings. The monoisotopic (exact) mass is 334 g/mol. The van der Waals surface area contributed by atoms with Crippen LogP contribution in [0.15, 0.2) is 29.2 Å². The SMILES string of the molecule is CCOC(=O)[C@H]1C[C@]1(F)c1ccc(S(F)(F)(F)(F)F)cc1. The molecule has 9 heteroatoms. The summed E-state index contributed by atoms with van der Waals surface area (Å²) in [6.07, 6.45) is -0.235. The lowest BCUT2D eigenvalue weighted by Crippen LogP contribution is -2.14. The largest absolute Gasteiger partial charge is 0.466 e. The molecule has 0 amide bonds. The van der Waals surface area contributed by atoms with Gasteiger partial charge in [0.1, 0.15) is 10.6 Å². The number of ether oxygens (including phenoxy) is 1. The fourth-order valence-electron chi connectivity index (χ4n) is 2.06. The van der Waals surface area contributed by atoms with Crippen molar-refractivity contribution in [3.8, 4) is 0 Å². The molecule has 1 aromatic carbocycles. The number of carbonyl (C=O) groups is 1. The van der Waals surface area contributed by atoms with Crippen LogP contribution in [0.4, 0.5) is 23.8 Å². The Morgan fingerprint density at radius 2 is 1.76 bits per heavy atom. The molecule has 0 aromatic heterocycles. The lowest BCUT2D eigenvalue weighted by Gasteiger charge is -2.40. The number of halogens is 6. The van der Waals surface area contributed by atoms with Crippen molar-refractivity contribution in [2.45, 2.75) is 23.9 Å². The van der Waals surface area contributed by atoms with Gasteiger partial charge in [0.15, 0.2) is 0 Å². The summed E-state index contributed by atoms with van der Waals surface area (Å²) in [7, 11) is -9.77. The van der Waals surface area contributed by atoms with Crippen molar-refractivity contribution >= 4 is 16.2 Å². The van der Waals surface area contributed by atoms with Gasteiger partial charge in [0.2, 0.25) is 0 Å². The van der Waals surface area contributed by atoms with Crippen LogP contribution in [-0.4, -0.2) is 12.6 Å². The highest BCUT2D eigenvalue weighted by Crippen LogP contribution is 3.02. The minimum Gasteiger partial charge on any atom is -0.466 e. The van der Waals surface area contributed by atoms with Gasteiger partial charge in [0.05, 0.1) is 12.5 Å². The zero-order valence-electron chi connectivity index (χ0n) is 10.8. The third-order valence-electron chi connectivity index (χ3n) is 3.24. The summed E-state index contributed by atoms with van der Waals surface area (Å²) >= 11 is 0. The zero-order chi connectivity index (χ0) is 16.2. The van der Waals surface area contributed by atoms with Crippen LogP contribution in [0.3, 0.4) is 0 Å². The molecule has 2 atom stereocenters. The van der Waals surface area contributed by atoms with Crippen molar-refractivity contribution in [2.75, 3.05) is 6.61 Å². The molecular formula is C12H12F6O2S. The van der Waals surface area contributed by atoms with Crippen molar-refractivity contribution in [1.29, 1.82) is 0 Å². The van der Waals surface area contributed by atoms with Gasteiger partial charge in [0, 0.05) is 6.42 Å². The number of hydrogen-bond acceptors (Lipinski definition) is 2. The molecule has 0 bridgehead atoms. The molecule has 0 heterocycles. The summed E-state index contributed by atoms with van der Waals surface area (Å²) in [4.78, 5) is 9.28. The third-order valence-corrected chi connectivity index (χ3v) is 4.41. The van der Waals surface area contributed by atoms with Gasteiger partial charge in [-0.15, -0.1) is 0 Å². The first kappa shape index (κ1) is 16.0. The smallest absolute Gasteiger partial charge is 0.312 e. The van der Waals surface area contributed by atoms with Gasteiger partial charge in [0.25, 0.3) is 0 Å². The van der Waals surface area contributed by atoms with E-state index in [1.165, 1.54) is 6.92 Å². The third kappa shape index (κ3) is 3.12. The van der Waals surface area contributed by atoms with Crippen molar-refractivity contribution in [1.82, 2.24) is 0 Å². The van der Waals surface area contributed by atoms with Crippen molar-refractivity contribution in [3.05, 3.63) is 29.8 Å². The molecule has 1 saturated carbocycles. The fraction of sp³-hybridized carbons (Fsp3) is 0.417. The van der Waals surface area contributed by atoms with Gasteiger partial charge in [-0.3, -0.25) is 4.79 Å². The number of esters is 1. The van der Waals surface area contributed by atoms with Crippen LogP contribution >= 0.6 is 10.2 Å². The number of carbonyl (C=O) groups excluding carboxylic acids is 1. The second-order valence-corrected chi connectivity index (χ2v) is 7.27. The molecule has 21 heavy (non-hydrogen) atoms. The van der Waals surface area contributed by atoms with E-state index in [1.54, 1.807) is 0 Å². The fourth-order valence-corrected chi connectivity index (χ4v) is 2.71. The standard InChI is InChI=1S/C12H12F6O2S/c1-2-20-11(19)10-7-12(10,13)8-3-5-9(6-4-8)21(14,15,16,17)18/h3-6,10H,2,7H2,1H3/t10-,12+/m1/s1. The van der Waals surface area contributed by atoms with Crippen LogP contribution in [0.2, 0.25) is 0 Å². The molecule has 1 aliphatic carbocycles. The van der Waals surface area contributed by atoms with Gasteiger partial charge in [-0.25, -0.2) is 4.39 Å². The molecule has 2 rings (SSSR count). The Morgan fingerprint density at radius 1 is 1.24 bits per heavy atom. The summed E-state index contributed by atoms with van der Waals surface area (Å²) in [6.45, 7) is 1.58. The van der Waals surface area contributed by atoms with E-state index < -0.39 is 32.7 Å². The van der Waals surface area contributed by atoms with E-state index in [0.717, 1.165) is 0 Å². The Bertz CT molecular complexity index is 582. The number of hydrogen-bond donors (Lipinski definition) is 0. The van der Waals surface area contributed by atoms with E-state index in [2.05, 4.69) is 4.74 Å². The quantitative estimate of drug-likeness (QED) is 0.566. The molecule has 0 N–H and O–H groups in total. The van der Waals surface area contributed by atoms with Gasteiger partial charge in [-0.05, 0) is 24.6 Å². The molecule has 0 spiro atoms. The van der Waals surface area contributed by atoms with Crippen LogP contribution in [0.5, 0.6) is 0 Å². The van der Waals surface area contributed by atoms with Gasteiger partial charge in [-0.1, -0.05) is 31.6 Å². The van der Waals surface area contributed by atoms with Crippen LogP contribution in [-0.2, 0) is 15.2 Å². The molecule has 0 saturated heterocycles. The molecule has 0 radical (unpaired) electrons. The summed E-state index contributed by atoms with van der Waals surface area (Å²) in [5, 5.41) is 0. The Kier molecular flexibility index (Phi) is 2.95. The Balaban J connectivity index is 2.25. The predicted octanol–water partition coefficient (Wildman–Crippen LogP) is 5.09. The molecule has 2 nitrogen and oxygen atoms in total. The average Bonchev–Trinajstić information content (AvgIpc) is 3.01. The Labute approximate surface area is 116 Å². The second kappa shape index (κ2) is 3.88. The van der Waals surface area contributed by atoms with Gasteiger partial charge >= 0.3 is 16.2 Å². The predicted molar refractivity (Wildman–Crippen MR) is 65.4 cm³/mol. The Morgan fingerprint density at radius 3 is 2.19 bits per heavy atom. The molecule has 1 aromatic rings. The van der Waals surface area contributed by atoms with E-state index in [1.807, 2.05) is 0 Å². The first-order valence-electron chi connectivity index (χ1n) is 5.98. The normalized spacial score (nSPS) is 28.4. The van der Waals surface area contributed by atoms with E-state index in [-0.39, 0.29) is 30.7 Å². The minimum atomic E-state index is -9.77. The van der Waals surface area contributed by atoms with E-state index >= 15 is 0 Å². The second-order valence-electron chi connectivity index (χ2n) is 4.86. The van der Waals surface area contributed by atoms with Crippen LogP contribution < -0.4 is 0 Å². The summed E-state index contributed by atoms with van der Waals surface area (Å²) in [5.74, 6) is -1.90. The van der Waals surface area contributed by atoms with Crippen LogP contribution in [0.25, 0.3) is 0 Å². The molecule has 120 valence electrons. The number of rotatable bonds is 4. The van der Waals surface area contributed by atoms with Crippen molar-refractivity contribution < 1.29 is 33.4 Å². The highest BCUT2D eigenvalue weighted by molar-refractivity contribution is 8.45. The molecule has 0 unspecified atom stereocenters. The van der Waals surface area contributed by atoms with Crippen molar-refractivity contribution in [2.24, 2.45) is 5.92 Å². The average molecular weight is 334 g/mol. The van der Waals surface area contributed by atoms with Gasteiger partial charge in [-0.2, -0.15) is 0 Å². The number of benzene rings is 1. The topological polar surface area (TPSA) is 26.3 Å². The Hall–Kier alpha value is -1.38. The number of alkyl halides is 1. The van der Waals surface area contributed by atoms with E-state index in [0.29, 0.717) is 12.1 Å². The van der Waals surface area contributed by atoms with Crippen LogP contribution in [0, 0.1) is 5.92 Å². The maximum absolute atomic E-state index is 14.3. The lowest BCUT2D eigenvalue weighted by molar-refractivity contribution is -0.145. The minimum absolute atomic E-state index is 0.0502. The first-order valence-corrected chi connectivity index (χ1v) is 7.93. The van der Waals surface area contributed by atoms with Gasteiger partial charge < -0.3 is 4.74 Å². The molecular weight excluding hydrogens is 322 g/mol. The highest BCUT2D eigenvalue weighted by atomic mass is 32.5. The molecule has 0 aliphatic heterocycles. The molecule has 1 fully saturated rings. The zero-order valence-corrected chi connectivity index (χ0v) is 11.6.